The van der Waals surface area contributed by atoms with Crippen LogP contribution in [0.15, 0.2) is 46.3 Å². The van der Waals surface area contributed by atoms with Crippen LogP contribution in [0.25, 0.3) is 10.8 Å². The summed E-state index contributed by atoms with van der Waals surface area (Å²) in [5, 5.41) is 69.3. The Morgan fingerprint density at radius 1 is 0.902 bits per heavy atom. The molecule has 5 bridgehead atoms. The first-order valence-electron chi connectivity index (χ1n) is 21.0. The number of fused-ring (bicyclic) bond motifs is 14. The van der Waals surface area contributed by atoms with Gasteiger partial charge in [0.2, 0.25) is 0 Å². The molecule has 1 fully saturated rings. The van der Waals surface area contributed by atoms with E-state index >= 15 is 0 Å². The van der Waals surface area contributed by atoms with Crippen LogP contribution in [0.1, 0.15) is 115 Å². The molecule has 3 aliphatic heterocycles. The summed E-state index contributed by atoms with van der Waals surface area (Å²) in [5.74, 6) is -8.45. The second-order valence-corrected chi connectivity index (χ2v) is 16.8. The Balaban J connectivity index is 1.71. The van der Waals surface area contributed by atoms with Crippen LogP contribution in [0, 0.1) is 30.6 Å². The molecular weight excluding hydrogens is 787 g/mol. The number of ketones is 1. The lowest BCUT2D eigenvalue weighted by molar-refractivity contribution is -0.160. The SMILES string of the molecule is COC1/C=C/OC2(C)Oc3c(C)c(O)c4c(O)c(c(/C=N\N=C5CCCCCCC5)c(O)c4c3C2=O)NC(=O)/C(C)=C\C=C\C(C)C(O)C(C)C(O)C(C)C(OC(C)=O)C1C. The maximum absolute atomic E-state index is 14.5. The van der Waals surface area contributed by atoms with Crippen LogP contribution < -0.4 is 10.1 Å². The smallest absolute Gasteiger partial charge is 0.312 e. The number of benzene rings is 2. The van der Waals surface area contributed by atoms with E-state index in [0.29, 0.717) is 0 Å². The molecule has 15 nitrogen and oxygen atoms in total. The number of carbonyl (C=O) groups excluding carboxylic acids is 3. The minimum Gasteiger partial charge on any atom is -0.507 e. The highest BCUT2D eigenvalue weighted by Crippen LogP contribution is 2.55. The molecule has 2 aromatic carbocycles. The van der Waals surface area contributed by atoms with Gasteiger partial charge in [0, 0.05) is 66.9 Å². The van der Waals surface area contributed by atoms with E-state index in [9.17, 15) is 39.9 Å². The van der Waals surface area contributed by atoms with E-state index in [2.05, 4.69) is 15.5 Å². The number of carbonyl (C=O) groups is 3. The van der Waals surface area contributed by atoms with E-state index in [-0.39, 0.29) is 44.5 Å². The molecule has 332 valence electrons. The number of phenols is 3. The normalized spacial score (nSPS) is 31.4. The van der Waals surface area contributed by atoms with E-state index in [0.717, 1.165) is 50.7 Å². The van der Waals surface area contributed by atoms with Gasteiger partial charge in [-0.2, -0.15) is 10.2 Å². The molecule has 9 atom stereocenters. The summed E-state index contributed by atoms with van der Waals surface area (Å²) >= 11 is 0. The highest BCUT2D eigenvalue weighted by Gasteiger charge is 2.50. The van der Waals surface area contributed by atoms with E-state index < -0.39 is 88.8 Å². The minimum atomic E-state index is -2.05. The Morgan fingerprint density at radius 3 is 2.20 bits per heavy atom. The number of ether oxygens (including phenoxy) is 4. The zero-order valence-electron chi connectivity index (χ0n) is 36.5. The molecular formula is C46H61N3O12. The van der Waals surface area contributed by atoms with Crippen molar-refractivity contribution in [3.05, 3.63) is 52.8 Å². The third kappa shape index (κ3) is 9.79. The van der Waals surface area contributed by atoms with E-state index in [1.54, 1.807) is 39.8 Å². The van der Waals surface area contributed by atoms with Gasteiger partial charge in [-0.05, 0) is 45.6 Å². The number of rotatable bonds is 4. The molecule has 1 saturated carbocycles. The fourth-order valence-electron chi connectivity index (χ4n) is 8.45. The average molecular weight is 848 g/mol. The highest BCUT2D eigenvalue weighted by molar-refractivity contribution is 6.24. The van der Waals surface area contributed by atoms with Crippen molar-refractivity contribution in [3.63, 3.8) is 0 Å². The Kier molecular flexibility index (Phi) is 15.1. The van der Waals surface area contributed by atoms with Crippen molar-refractivity contribution in [2.24, 2.45) is 33.9 Å². The maximum atomic E-state index is 14.5. The number of anilines is 1. The standard InChI is InChI=1S/C46H61N3O12/c1-23-16-15-17-24(2)45(57)48-36-31(22-47-49-30-18-13-11-10-12-14-19-30)40(54)33-34(41(36)55)39(53)28(6)43-35(33)44(56)46(8,61-43)59-21-20-32(58-9)25(3)42(60-29(7)50)27(5)38(52)26(4)37(23)51/h15-17,20-23,25-27,32,37-38,42,51-55H,10-14,18-19H2,1-9H3,(H,48,57)/b16-15+,21-20+,24-17-,47-22-. The summed E-state index contributed by atoms with van der Waals surface area (Å²) in [7, 11) is 1.44. The number of nitrogens with zero attached hydrogens (tertiary/aromatic N) is 2. The average Bonchev–Trinajstić information content (AvgIpc) is 3.47. The van der Waals surface area contributed by atoms with Gasteiger partial charge in [-0.3, -0.25) is 14.4 Å². The van der Waals surface area contributed by atoms with Gasteiger partial charge >= 0.3 is 11.8 Å². The molecule has 6 N–H and O–H groups in total. The first-order valence-corrected chi connectivity index (χ1v) is 21.0. The van der Waals surface area contributed by atoms with Gasteiger partial charge in [-0.1, -0.05) is 65.2 Å². The van der Waals surface area contributed by atoms with Gasteiger partial charge in [-0.15, -0.1) is 0 Å². The van der Waals surface area contributed by atoms with Crippen LogP contribution in [0.2, 0.25) is 0 Å². The summed E-state index contributed by atoms with van der Waals surface area (Å²) in [4.78, 5) is 40.6. The topological polar surface area (TPSA) is 226 Å². The summed E-state index contributed by atoms with van der Waals surface area (Å²) in [6.45, 7) is 12.5. The number of methoxy groups -OCH3 is 1. The van der Waals surface area contributed by atoms with Crippen molar-refractivity contribution in [2.45, 2.75) is 131 Å². The first kappa shape index (κ1) is 46.8. The van der Waals surface area contributed by atoms with Crippen LogP contribution in [-0.2, 0) is 23.8 Å². The number of hydrogen-bond acceptors (Lipinski definition) is 14. The summed E-state index contributed by atoms with van der Waals surface area (Å²) in [5.41, 5.74) is 0.411. The number of nitrogens with one attached hydrogen (secondary N) is 1. The predicted molar refractivity (Wildman–Crippen MR) is 231 cm³/mol. The van der Waals surface area contributed by atoms with Crippen molar-refractivity contribution in [2.75, 3.05) is 12.4 Å². The van der Waals surface area contributed by atoms with E-state index in [1.165, 1.54) is 59.4 Å². The molecule has 1 aliphatic carbocycles. The Hall–Kier alpha value is -5.25. The number of allylic oxidation sites excluding steroid dienone is 2. The van der Waals surface area contributed by atoms with Crippen molar-refractivity contribution in [1.29, 1.82) is 0 Å². The van der Waals surface area contributed by atoms with E-state index in [1.807, 2.05) is 0 Å². The second-order valence-electron chi connectivity index (χ2n) is 16.8. The highest BCUT2D eigenvalue weighted by atomic mass is 16.7. The first-order chi connectivity index (χ1) is 28.8. The molecule has 0 aromatic heterocycles. The quantitative estimate of drug-likeness (QED) is 0.0587. The van der Waals surface area contributed by atoms with Gasteiger partial charge in [0.25, 0.3) is 11.7 Å². The van der Waals surface area contributed by atoms with Gasteiger partial charge in [0.1, 0.15) is 23.4 Å². The number of aromatic hydroxyl groups is 3. The number of hydrogen-bond donors (Lipinski definition) is 6. The third-order valence-electron chi connectivity index (χ3n) is 12.3. The monoisotopic (exact) mass is 847 g/mol. The number of phenolic OH excluding ortho intramolecular Hbond substituents is 3. The molecule has 15 heteroatoms. The van der Waals surface area contributed by atoms with Crippen LogP contribution in [0.5, 0.6) is 23.0 Å². The fourth-order valence-corrected chi connectivity index (χ4v) is 8.45. The zero-order chi connectivity index (χ0) is 44.9. The minimum absolute atomic E-state index is 0.0497. The van der Waals surface area contributed by atoms with Gasteiger partial charge < -0.3 is 49.8 Å². The number of aliphatic hydroxyl groups excluding tert-OH is 2. The molecule has 0 saturated heterocycles. The van der Waals surface area contributed by atoms with Crippen LogP contribution in [0.4, 0.5) is 5.69 Å². The molecule has 6 rings (SSSR count). The van der Waals surface area contributed by atoms with Crippen LogP contribution in [-0.4, -0.2) is 92.4 Å². The molecule has 3 heterocycles. The third-order valence-corrected chi connectivity index (χ3v) is 12.3. The fraction of sp³-hybridized carbons (Fsp3) is 0.543. The molecule has 4 aliphatic rings. The largest absolute Gasteiger partial charge is 0.507 e. The summed E-state index contributed by atoms with van der Waals surface area (Å²) < 4.78 is 23.6. The number of Topliss-reactive ketones (excluding diaryl/α,β-unsaturated/α-hetero) is 1. The van der Waals surface area contributed by atoms with Gasteiger partial charge in [0.05, 0.1) is 53.0 Å². The molecule has 61 heavy (non-hydrogen) atoms. The Bertz CT molecular complexity index is 2150. The van der Waals surface area contributed by atoms with Crippen molar-refractivity contribution in [1.82, 2.24) is 0 Å². The lowest BCUT2D eigenvalue weighted by atomic mass is 9.78. The second kappa shape index (κ2) is 19.6. The molecule has 1 amide bonds. The van der Waals surface area contributed by atoms with Gasteiger partial charge in [-0.25, -0.2) is 0 Å². The lowest BCUT2D eigenvalue weighted by Crippen LogP contribution is -2.46. The maximum Gasteiger partial charge on any atom is 0.312 e. The Labute approximate surface area is 356 Å². The van der Waals surface area contributed by atoms with Crippen LogP contribution >= 0.6 is 0 Å². The molecule has 2 aromatic rings. The predicted octanol–water partition coefficient (Wildman–Crippen LogP) is 7.27. The number of amides is 1. The number of esters is 1. The zero-order valence-corrected chi connectivity index (χ0v) is 36.5. The molecule has 0 radical (unpaired) electrons. The molecule has 9 unspecified atom stereocenters. The van der Waals surface area contributed by atoms with Crippen molar-refractivity contribution >= 4 is 46.0 Å². The number of aliphatic hydroxyl groups is 2. The summed E-state index contributed by atoms with van der Waals surface area (Å²) in [6.07, 6.45) is 11.5. The lowest BCUT2D eigenvalue weighted by Gasteiger charge is -2.38. The van der Waals surface area contributed by atoms with Crippen LogP contribution in [0.3, 0.4) is 0 Å². The van der Waals surface area contributed by atoms with Gasteiger partial charge in [0.15, 0.2) is 5.75 Å². The summed E-state index contributed by atoms with van der Waals surface area (Å²) in [6, 6.07) is 0. The molecule has 0 spiro atoms. The Morgan fingerprint density at radius 2 is 1.56 bits per heavy atom. The van der Waals surface area contributed by atoms with Crippen molar-refractivity contribution < 1.29 is 58.9 Å². The van der Waals surface area contributed by atoms with E-state index in [4.69, 9.17) is 18.9 Å². The van der Waals surface area contributed by atoms with Crippen molar-refractivity contribution in [3.8, 4) is 23.0 Å².